The Hall–Kier alpha value is -2.14. The highest BCUT2D eigenvalue weighted by Crippen LogP contribution is 2.33. The Morgan fingerprint density at radius 3 is 2.74 bits per heavy atom. The molecule has 1 heterocycles. The van der Waals surface area contributed by atoms with Gasteiger partial charge in [0, 0.05) is 10.3 Å². The number of fused-ring (bicyclic) bond motifs is 1. The van der Waals surface area contributed by atoms with Crippen LogP contribution in [0.15, 0.2) is 35.7 Å². The van der Waals surface area contributed by atoms with Gasteiger partial charge in [-0.25, -0.2) is 0 Å². The lowest BCUT2D eigenvalue weighted by atomic mass is 9.88. The summed E-state index contributed by atoms with van der Waals surface area (Å²) in [6.07, 6.45) is 3.06. The summed E-state index contributed by atoms with van der Waals surface area (Å²) in [6.45, 7) is 2.24. The van der Waals surface area contributed by atoms with Gasteiger partial charge in [-0.15, -0.1) is 11.3 Å². The number of rotatable bonds is 4. The van der Waals surface area contributed by atoms with Crippen molar-refractivity contribution in [2.24, 2.45) is 11.7 Å². The standard InChI is InChI=1S/C18H20N2O2S/c1-11-7-8-13-14(10-23-15(13)9-11)18(22)20-16(17(19)21)12-5-3-2-4-6-12/h2-6,10-11,16H,7-9H2,1H3,(H2,19,21)(H,20,22). The quantitative estimate of drug-likeness (QED) is 0.906. The number of hydrogen-bond acceptors (Lipinski definition) is 3. The first-order valence-electron chi connectivity index (χ1n) is 7.80. The van der Waals surface area contributed by atoms with Crippen molar-refractivity contribution >= 4 is 23.2 Å². The Bertz CT molecular complexity index is 724. The highest BCUT2D eigenvalue weighted by Gasteiger charge is 2.26. The monoisotopic (exact) mass is 328 g/mol. The molecule has 1 aliphatic rings. The van der Waals surface area contributed by atoms with Crippen LogP contribution in [0.4, 0.5) is 0 Å². The molecule has 2 aromatic rings. The molecule has 0 saturated carbocycles. The number of hydrogen-bond donors (Lipinski definition) is 2. The third kappa shape index (κ3) is 3.29. The minimum absolute atomic E-state index is 0.218. The smallest absolute Gasteiger partial charge is 0.253 e. The molecule has 2 amide bonds. The second-order valence-corrected chi connectivity index (χ2v) is 7.08. The Morgan fingerprint density at radius 2 is 2.04 bits per heavy atom. The van der Waals surface area contributed by atoms with Crippen molar-refractivity contribution in [1.82, 2.24) is 5.32 Å². The summed E-state index contributed by atoms with van der Waals surface area (Å²) in [7, 11) is 0. The van der Waals surface area contributed by atoms with Crippen molar-refractivity contribution in [2.75, 3.05) is 0 Å². The molecule has 0 aliphatic heterocycles. The van der Waals surface area contributed by atoms with E-state index in [9.17, 15) is 9.59 Å². The zero-order valence-corrected chi connectivity index (χ0v) is 13.9. The van der Waals surface area contributed by atoms with Crippen molar-refractivity contribution in [3.63, 3.8) is 0 Å². The molecular formula is C18H20N2O2S. The van der Waals surface area contributed by atoms with Crippen molar-refractivity contribution in [3.05, 3.63) is 57.3 Å². The number of primary amides is 1. The minimum Gasteiger partial charge on any atom is -0.368 e. The van der Waals surface area contributed by atoms with Crippen LogP contribution in [0.3, 0.4) is 0 Å². The molecule has 0 radical (unpaired) electrons. The summed E-state index contributed by atoms with van der Waals surface area (Å²) in [5.41, 5.74) is 8.01. The van der Waals surface area contributed by atoms with E-state index in [-0.39, 0.29) is 5.91 Å². The average molecular weight is 328 g/mol. The Morgan fingerprint density at radius 1 is 1.30 bits per heavy atom. The summed E-state index contributed by atoms with van der Waals surface area (Å²) in [4.78, 5) is 25.7. The summed E-state index contributed by atoms with van der Waals surface area (Å²) in [5, 5.41) is 4.69. The molecule has 0 spiro atoms. The Kier molecular flexibility index (Phi) is 4.48. The van der Waals surface area contributed by atoms with Gasteiger partial charge >= 0.3 is 0 Å². The van der Waals surface area contributed by atoms with Gasteiger partial charge < -0.3 is 11.1 Å². The molecule has 0 bridgehead atoms. The number of nitrogens with one attached hydrogen (secondary N) is 1. The highest BCUT2D eigenvalue weighted by atomic mass is 32.1. The van der Waals surface area contributed by atoms with Crippen LogP contribution >= 0.6 is 11.3 Å². The molecule has 0 saturated heterocycles. The molecular weight excluding hydrogens is 308 g/mol. The summed E-state index contributed by atoms with van der Waals surface area (Å²) in [6, 6.07) is 8.29. The third-order valence-electron chi connectivity index (χ3n) is 4.34. The zero-order chi connectivity index (χ0) is 16.4. The minimum atomic E-state index is -0.804. The molecule has 0 fully saturated rings. The van der Waals surface area contributed by atoms with Crippen molar-refractivity contribution in [2.45, 2.75) is 32.2 Å². The van der Waals surface area contributed by atoms with E-state index >= 15 is 0 Å². The van der Waals surface area contributed by atoms with Gasteiger partial charge in [-0.2, -0.15) is 0 Å². The van der Waals surface area contributed by atoms with Gasteiger partial charge in [0.25, 0.3) is 5.91 Å². The van der Waals surface area contributed by atoms with Gasteiger partial charge in [0.1, 0.15) is 6.04 Å². The lowest BCUT2D eigenvalue weighted by Gasteiger charge is -2.20. The van der Waals surface area contributed by atoms with Crippen LogP contribution < -0.4 is 11.1 Å². The lowest BCUT2D eigenvalue weighted by molar-refractivity contribution is -0.120. The van der Waals surface area contributed by atoms with Crippen LogP contribution in [0.25, 0.3) is 0 Å². The van der Waals surface area contributed by atoms with E-state index in [0.717, 1.165) is 24.8 Å². The molecule has 3 N–H and O–H groups in total. The molecule has 2 atom stereocenters. The van der Waals surface area contributed by atoms with Crippen LogP contribution in [0, 0.1) is 5.92 Å². The highest BCUT2D eigenvalue weighted by molar-refractivity contribution is 7.10. The first kappa shape index (κ1) is 15.7. The van der Waals surface area contributed by atoms with E-state index in [1.165, 1.54) is 4.88 Å². The van der Waals surface area contributed by atoms with Crippen LogP contribution in [0.1, 0.15) is 45.7 Å². The molecule has 1 aromatic heterocycles. The van der Waals surface area contributed by atoms with Gasteiger partial charge in [-0.05, 0) is 36.3 Å². The second kappa shape index (κ2) is 6.54. The Labute approximate surface area is 139 Å². The number of carbonyl (C=O) groups is 2. The van der Waals surface area contributed by atoms with Crippen molar-refractivity contribution in [3.8, 4) is 0 Å². The van der Waals surface area contributed by atoms with E-state index in [1.54, 1.807) is 23.5 Å². The SMILES string of the molecule is CC1CCc2c(C(=O)NC(C(N)=O)c3ccccc3)csc2C1. The average Bonchev–Trinajstić information content (AvgIpc) is 2.96. The normalized spacial score (nSPS) is 18.0. The van der Waals surface area contributed by atoms with Gasteiger partial charge in [-0.3, -0.25) is 9.59 Å². The topological polar surface area (TPSA) is 72.2 Å². The molecule has 3 rings (SSSR count). The van der Waals surface area contributed by atoms with E-state index < -0.39 is 11.9 Å². The fourth-order valence-corrected chi connectivity index (χ4v) is 4.29. The predicted molar refractivity (Wildman–Crippen MR) is 91.4 cm³/mol. The predicted octanol–water partition coefficient (Wildman–Crippen LogP) is 2.83. The van der Waals surface area contributed by atoms with Crippen LogP contribution in [-0.4, -0.2) is 11.8 Å². The maximum Gasteiger partial charge on any atom is 0.253 e. The largest absolute Gasteiger partial charge is 0.368 e. The first-order valence-corrected chi connectivity index (χ1v) is 8.68. The number of thiophene rings is 1. The molecule has 2 unspecified atom stereocenters. The Balaban J connectivity index is 1.82. The second-order valence-electron chi connectivity index (χ2n) is 6.12. The molecule has 4 nitrogen and oxygen atoms in total. The van der Waals surface area contributed by atoms with E-state index in [1.807, 2.05) is 23.6 Å². The van der Waals surface area contributed by atoms with Crippen LogP contribution in [0.5, 0.6) is 0 Å². The van der Waals surface area contributed by atoms with E-state index in [4.69, 9.17) is 5.73 Å². The summed E-state index contributed by atoms with van der Waals surface area (Å²) < 4.78 is 0. The number of amides is 2. The maximum atomic E-state index is 12.6. The first-order chi connectivity index (χ1) is 11.1. The summed E-state index contributed by atoms with van der Waals surface area (Å²) in [5.74, 6) is -0.105. The lowest BCUT2D eigenvalue weighted by Crippen LogP contribution is -2.37. The van der Waals surface area contributed by atoms with Gasteiger partial charge in [0.2, 0.25) is 5.91 Å². The van der Waals surface area contributed by atoms with Crippen LogP contribution in [0.2, 0.25) is 0 Å². The van der Waals surface area contributed by atoms with Crippen molar-refractivity contribution < 1.29 is 9.59 Å². The molecule has 1 aliphatic carbocycles. The number of benzene rings is 1. The van der Waals surface area contributed by atoms with Crippen molar-refractivity contribution in [1.29, 1.82) is 0 Å². The summed E-state index contributed by atoms with van der Waals surface area (Å²) >= 11 is 1.64. The number of carbonyl (C=O) groups excluding carboxylic acids is 2. The van der Waals surface area contributed by atoms with Crippen LogP contribution in [-0.2, 0) is 17.6 Å². The van der Waals surface area contributed by atoms with Gasteiger partial charge in [-0.1, -0.05) is 37.3 Å². The molecule has 1 aromatic carbocycles. The molecule has 23 heavy (non-hydrogen) atoms. The molecule has 5 heteroatoms. The molecule has 120 valence electrons. The van der Waals surface area contributed by atoms with Gasteiger partial charge in [0.05, 0.1) is 5.56 Å². The third-order valence-corrected chi connectivity index (χ3v) is 5.39. The number of nitrogens with two attached hydrogens (primary N) is 1. The fraction of sp³-hybridized carbons (Fsp3) is 0.333. The van der Waals surface area contributed by atoms with E-state index in [0.29, 0.717) is 17.0 Å². The fourth-order valence-electron chi connectivity index (χ4n) is 3.04. The zero-order valence-electron chi connectivity index (χ0n) is 13.0. The van der Waals surface area contributed by atoms with Gasteiger partial charge in [0.15, 0.2) is 0 Å². The maximum absolute atomic E-state index is 12.6. The van der Waals surface area contributed by atoms with E-state index in [2.05, 4.69) is 12.2 Å².